The molecular formula is C29H33ClN6O. The van der Waals surface area contributed by atoms with Crippen molar-refractivity contribution in [1.82, 2.24) is 24.3 Å². The smallest absolute Gasteiger partial charge is 0.146 e. The monoisotopic (exact) mass is 516 g/mol. The second-order valence-electron chi connectivity index (χ2n) is 10.3. The third kappa shape index (κ3) is 4.91. The van der Waals surface area contributed by atoms with Crippen molar-refractivity contribution in [1.29, 1.82) is 0 Å². The van der Waals surface area contributed by atoms with Crippen molar-refractivity contribution in [2.45, 2.75) is 37.8 Å². The van der Waals surface area contributed by atoms with Gasteiger partial charge in [-0.05, 0) is 57.0 Å². The number of anilines is 1. The topological polar surface area (TPSA) is 72.4 Å². The van der Waals surface area contributed by atoms with Gasteiger partial charge in [-0.3, -0.25) is 4.90 Å². The van der Waals surface area contributed by atoms with Crippen molar-refractivity contribution >= 4 is 28.5 Å². The lowest BCUT2D eigenvalue weighted by Crippen LogP contribution is -2.49. The molecule has 0 radical (unpaired) electrons. The van der Waals surface area contributed by atoms with Gasteiger partial charge in [0.25, 0.3) is 0 Å². The molecule has 2 aliphatic rings. The number of benzene rings is 2. The fraction of sp³-hybridized carbons (Fsp3) is 0.379. The van der Waals surface area contributed by atoms with Gasteiger partial charge in [0.15, 0.2) is 0 Å². The van der Waals surface area contributed by atoms with Crippen molar-refractivity contribution in [3.63, 3.8) is 0 Å². The van der Waals surface area contributed by atoms with Gasteiger partial charge in [-0.1, -0.05) is 29.8 Å². The molecule has 2 N–H and O–H groups in total. The van der Waals surface area contributed by atoms with Crippen LogP contribution in [0.3, 0.4) is 0 Å². The van der Waals surface area contributed by atoms with E-state index in [9.17, 15) is 0 Å². The highest BCUT2D eigenvalue weighted by Gasteiger charge is 2.30. The first kappa shape index (κ1) is 24.2. The molecule has 37 heavy (non-hydrogen) atoms. The number of ether oxygens (including phenoxy) is 1. The lowest BCUT2D eigenvalue weighted by Gasteiger charge is -2.41. The number of fused-ring (bicyclic) bond motifs is 1. The normalized spacial score (nSPS) is 21.4. The largest absolute Gasteiger partial charge is 0.457 e. The maximum absolute atomic E-state index is 6.81. The molecule has 0 unspecified atom stereocenters. The van der Waals surface area contributed by atoms with Crippen LogP contribution >= 0.6 is 11.6 Å². The number of piperazine rings is 1. The molecule has 6 rings (SSSR count). The number of aromatic nitrogens is 3. The molecular weight excluding hydrogens is 484 g/mol. The molecule has 0 bridgehead atoms. The molecule has 1 aliphatic heterocycles. The molecule has 8 heteroatoms. The van der Waals surface area contributed by atoms with Crippen LogP contribution in [0.25, 0.3) is 22.2 Å². The summed E-state index contributed by atoms with van der Waals surface area (Å²) in [7, 11) is 2.21. The second kappa shape index (κ2) is 10.3. The summed E-state index contributed by atoms with van der Waals surface area (Å²) >= 11 is 6.81. The molecule has 0 atom stereocenters. The van der Waals surface area contributed by atoms with Crippen LogP contribution in [0.1, 0.15) is 31.7 Å². The third-order valence-corrected chi connectivity index (χ3v) is 8.27. The van der Waals surface area contributed by atoms with E-state index in [1.165, 1.54) is 25.9 Å². The fourth-order valence-corrected chi connectivity index (χ4v) is 6.15. The molecule has 1 saturated heterocycles. The predicted octanol–water partition coefficient (Wildman–Crippen LogP) is 5.86. The van der Waals surface area contributed by atoms with Crippen LogP contribution in [-0.2, 0) is 0 Å². The van der Waals surface area contributed by atoms with E-state index in [1.807, 2.05) is 48.5 Å². The van der Waals surface area contributed by atoms with Gasteiger partial charge in [-0.15, -0.1) is 0 Å². The second-order valence-corrected chi connectivity index (χ2v) is 10.7. The summed E-state index contributed by atoms with van der Waals surface area (Å²) in [5, 5.41) is 1.47. The van der Waals surface area contributed by atoms with Gasteiger partial charge in [0.2, 0.25) is 0 Å². The van der Waals surface area contributed by atoms with E-state index >= 15 is 0 Å². The minimum Gasteiger partial charge on any atom is -0.457 e. The number of nitrogens with two attached hydrogens (primary N) is 1. The third-order valence-electron chi connectivity index (χ3n) is 7.96. The average Bonchev–Trinajstić information content (AvgIpc) is 3.31. The quantitative estimate of drug-likeness (QED) is 0.358. The Balaban J connectivity index is 1.27. The first-order chi connectivity index (χ1) is 18.1. The van der Waals surface area contributed by atoms with E-state index in [4.69, 9.17) is 22.1 Å². The molecule has 7 nitrogen and oxygen atoms in total. The van der Waals surface area contributed by atoms with Crippen LogP contribution in [0.5, 0.6) is 11.5 Å². The molecule has 2 aromatic carbocycles. The molecule has 3 heterocycles. The fourth-order valence-electron chi connectivity index (χ4n) is 5.88. The summed E-state index contributed by atoms with van der Waals surface area (Å²) in [4.78, 5) is 14.1. The molecule has 192 valence electrons. The SMILES string of the molecule is CN1CCN([C@H]2CC[C@H](n3cc(-c4ccc(Oc5ccccc5)cc4Cl)c4c(N)ncnc43)CC2)CC1. The summed E-state index contributed by atoms with van der Waals surface area (Å²) < 4.78 is 8.29. The van der Waals surface area contributed by atoms with E-state index < -0.39 is 0 Å². The number of halogens is 1. The van der Waals surface area contributed by atoms with E-state index in [0.717, 1.165) is 53.8 Å². The lowest BCUT2D eigenvalue weighted by atomic mass is 9.89. The van der Waals surface area contributed by atoms with Gasteiger partial charge in [0, 0.05) is 61.7 Å². The summed E-state index contributed by atoms with van der Waals surface area (Å²) in [5.74, 6) is 1.94. The van der Waals surface area contributed by atoms with Gasteiger partial charge in [-0.2, -0.15) is 0 Å². The molecule has 1 saturated carbocycles. The molecule has 2 fully saturated rings. The summed E-state index contributed by atoms with van der Waals surface area (Å²) in [6, 6.07) is 16.6. The Labute approximate surface area is 222 Å². The molecule has 0 spiro atoms. The zero-order valence-corrected chi connectivity index (χ0v) is 21.9. The molecule has 2 aromatic heterocycles. The Bertz CT molecular complexity index is 1370. The highest BCUT2D eigenvalue weighted by atomic mass is 35.5. The summed E-state index contributed by atoms with van der Waals surface area (Å²) in [6.07, 6.45) is 8.40. The molecule has 0 amide bonds. The Morgan fingerprint density at radius 1 is 0.865 bits per heavy atom. The summed E-state index contributed by atoms with van der Waals surface area (Å²) in [6.45, 7) is 4.68. The van der Waals surface area contributed by atoms with E-state index in [2.05, 4.69) is 37.6 Å². The number of rotatable bonds is 5. The van der Waals surface area contributed by atoms with Gasteiger partial charge in [0.1, 0.15) is 29.3 Å². The Kier molecular flexibility index (Phi) is 6.76. The zero-order chi connectivity index (χ0) is 25.4. The Morgan fingerprint density at radius 2 is 1.59 bits per heavy atom. The van der Waals surface area contributed by atoms with Gasteiger partial charge >= 0.3 is 0 Å². The average molecular weight is 517 g/mol. The van der Waals surface area contributed by atoms with Crippen molar-refractivity contribution in [3.05, 3.63) is 66.1 Å². The van der Waals surface area contributed by atoms with E-state index in [-0.39, 0.29) is 0 Å². The minimum atomic E-state index is 0.383. The number of hydrogen-bond acceptors (Lipinski definition) is 6. The van der Waals surface area contributed by atoms with E-state index in [1.54, 1.807) is 6.33 Å². The molecule has 4 aromatic rings. The maximum Gasteiger partial charge on any atom is 0.146 e. The highest BCUT2D eigenvalue weighted by Crippen LogP contribution is 2.42. The van der Waals surface area contributed by atoms with Crippen molar-refractivity contribution < 1.29 is 4.74 Å². The van der Waals surface area contributed by atoms with Crippen molar-refractivity contribution in [3.8, 4) is 22.6 Å². The number of hydrogen-bond donors (Lipinski definition) is 1. The van der Waals surface area contributed by atoms with Gasteiger partial charge < -0.3 is 19.9 Å². The first-order valence-corrected chi connectivity index (χ1v) is 13.5. The summed E-state index contributed by atoms with van der Waals surface area (Å²) in [5.41, 5.74) is 9.15. The predicted molar refractivity (Wildman–Crippen MR) is 149 cm³/mol. The van der Waals surface area contributed by atoms with Crippen LogP contribution in [0, 0.1) is 0 Å². The molecule has 1 aliphatic carbocycles. The van der Waals surface area contributed by atoms with Crippen LogP contribution in [0.4, 0.5) is 5.82 Å². The van der Waals surface area contributed by atoms with Gasteiger partial charge in [0.05, 0.1) is 10.4 Å². The van der Waals surface area contributed by atoms with Crippen LogP contribution < -0.4 is 10.5 Å². The number of likely N-dealkylation sites (N-methyl/N-ethyl adjacent to an activating group) is 1. The van der Waals surface area contributed by atoms with Crippen molar-refractivity contribution in [2.24, 2.45) is 0 Å². The standard InChI is InChI=1S/C29H33ClN6O/c1-34-13-15-35(16-14-34)20-7-9-21(10-8-20)36-18-25(27-28(31)32-19-33-29(27)36)24-12-11-23(17-26(24)30)37-22-5-3-2-4-6-22/h2-6,11-12,17-21H,7-10,13-16H2,1H3,(H2,31,32,33)/t20-,21-. The number of nitrogen functional groups attached to an aromatic ring is 1. The van der Waals surface area contributed by atoms with Crippen LogP contribution in [0.2, 0.25) is 5.02 Å². The number of para-hydroxylation sites is 1. The lowest BCUT2D eigenvalue weighted by molar-refractivity contribution is 0.0828. The highest BCUT2D eigenvalue weighted by molar-refractivity contribution is 6.34. The van der Waals surface area contributed by atoms with Gasteiger partial charge in [-0.25, -0.2) is 9.97 Å². The zero-order valence-electron chi connectivity index (χ0n) is 21.2. The Morgan fingerprint density at radius 3 is 2.32 bits per heavy atom. The van der Waals surface area contributed by atoms with Crippen LogP contribution in [0.15, 0.2) is 61.1 Å². The van der Waals surface area contributed by atoms with E-state index in [0.29, 0.717) is 28.7 Å². The number of nitrogens with zero attached hydrogens (tertiary/aromatic N) is 5. The van der Waals surface area contributed by atoms with Crippen LogP contribution in [-0.4, -0.2) is 63.6 Å². The maximum atomic E-state index is 6.81. The Hall–Kier alpha value is -3.13. The first-order valence-electron chi connectivity index (χ1n) is 13.1. The minimum absolute atomic E-state index is 0.383. The van der Waals surface area contributed by atoms with Crippen molar-refractivity contribution in [2.75, 3.05) is 39.0 Å².